The van der Waals surface area contributed by atoms with Gasteiger partial charge in [0.1, 0.15) is 5.58 Å². The highest BCUT2D eigenvalue weighted by atomic mass is 16.3. The molecule has 5 nitrogen and oxygen atoms in total. The molecule has 1 aliphatic carbocycles. The normalized spacial score (nSPS) is 14.6. The molecular weight excluding hydrogens is 364 g/mol. The molecule has 1 fully saturated rings. The number of rotatable bonds is 5. The molecule has 0 saturated heterocycles. The number of hydrogen-bond donors (Lipinski definition) is 2. The van der Waals surface area contributed by atoms with Crippen LogP contribution in [-0.4, -0.2) is 11.8 Å². The van der Waals surface area contributed by atoms with Crippen molar-refractivity contribution in [2.24, 2.45) is 5.92 Å². The van der Waals surface area contributed by atoms with Gasteiger partial charge in [0.05, 0.1) is 6.04 Å². The lowest BCUT2D eigenvalue weighted by molar-refractivity contribution is -0.117. The second kappa shape index (κ2) is 7.39. The van der Waals surface area contributed by atoms with Gasteiger partial charge >= 0.3 is 0 Å². The van der Waals surface area contributed by atoms with Crippen molar-refractivity contribution in [3.63, 3.8) is 0 Å². The van der Waals surface area contributed by atoms with Crippen molar-refractivity contribution in [3.8, 4) is 0 Å². The van der Waals surface area contributed by atoms with Crippen LogP contribution in [0.15, 0.2) is 40.8 Å². The fourth-order valence-electron chi connectivity index (χ4n) is 3.68. The van der Waals surface area contributed by atoms with Gasteiger partial charge in [0.25, 0.3) is 5.91 Å². The number of amides is 2. The summed E-state index contributed by atoms with van der Waals surface area (Å²) < 4.78 is 5.94. The highest BCUT2D eigenvalue weighted by Gasteiger charge is 2.29. The average molecular weight is 390 g/mol. The van der Waals surface area contributed by atoms with Gasteiger partial charge in [-0.25, -0.2) is 0 Å². The zero-order chi connectivity index (χ0) is 20.7. The number of hydrogen-bond acceptors (Lipinski definition) is 3. The van der Waals surface area contributed by atoms with Gasteiger partial charge < -0.3 is 15.1 Å². The molecule has 4 rings (SSSR count). The van der Waals surface area contributed by atoms with E-state index in [4.69, 9.17) is 4.42 Å². The predicted octanol–water partition coefficient (Wildman–Crippen LogP) is 5.20. The maximum absolute atomic E-state index is 12.9. The van der Waals surface area contributed by atoms with Gasteiger partial charge in [0.2, 0.25) is 5.91 Å². The van der Waals surface area contributed by atoms with Crippen molar-refractivity contribution in [1.29, 1.82) is 0 Å². The van der Waals surface area contributed by atoms with E-state index in [0.29, 0.717) is 5.76 Å². The molecule has 150 valence electrons. The Morgan fingerprint density at radius 3 is 2.28 bits per heavy atom. The van der Waals surface area contributed by atoms with Crippen LogP contribution in [0.5, 0.6) is 0 Å². The summed E-state index contributed by atoms with van der Waals surface area (Å²) in [5.41, 5.74) is 5.50. The largest absolute Gasteiger partial charge is 0.450 e. The second-order valence-corrected chi connectivity index (χ2v) is 8.04. The fourth-order valence-corrected chi connectivity index (χ4v) is 3.68. The maximum Gasteiger partial charge on any atom is 0.287 e. The van der Waals surface area contributed by atoms with Crippen molar-refractivity contribution in [2.45, 2.75) is 46.6 Å². The third-order valence-corrected chi connectivity index (χ3v) is 5.66. The Balaban J connectivity index is 1.49. The molecule has 1 aromatic heterocycles. The molecule has 1 saturated carbocycles. The molecule has 0 spiro atoms. The Kier molecular flexibility index (Phi) is 4.91. The van der Waals surface area contributed by atoms with Crippen LogP contribution in [0.3, 0.4) is 0 Å². The standard InChI is InChI=1S/C24H26N2O3/c1-13-5-6-14(2)21-20(13)15(3)22(29-21)24(28)25-16(4)17-9-11-19(12-10-17)26-23(27)18-7-8-18/h5-6,9-12,16,18H,7-8H2,1-4H3,(H,25,28)(H,26,27). The Hall–Kier alpha value is -3.08. The van der Waals surface area contributed by atoms with E-state index in [1.54, 1.807) is 0 Å². The van der Waals surface area contributed by atoms with Crippen LogP contribution in [0.4, 0.5) is 5.69 Å². The molecule has 5 heteroatoms. The van der Waals surface area contributed by atoms with E-state index in [2.05, 4.69) is 10.6 Å². The first-order valence-electron chi connectivity index (χ1n) is 10.1. The molecule has 0 radical (unpaired) electrons. The summed E-state index contributed by atoms with van der Waals surface area (Å²) in [5.74, 6) is 0.394. The Bertz CT molecular complexity index is 1090. The van der Waals surface area contributed by atoms with Crippen molar-refractivity contribution in [1.82, 2.24) is 5.32 Å². The number of nitrogens with one attached hydrogen (secondary N) is 2. The number of anilines is 1. The lowest BCUT2D eigenvalue weighted by Crippen LogP contribution is -2.26. The van der Waals surface area contributed by atoms with Gasteiger partial charge in [0, 0.05) is 22.6 Å². The molecule has 3 aromatic rings. The van der Waals surface area contributed by atoms with Crippen LogP contribution in [0.1, 0.15) is 58.6 Å². The van der Waals surface area contributed by atoms with Crippen LogP contribution in [-0.2, 0) is 4.79 Å². The van der Waals surface area contributed by atoms with Crippen LogP contribution in [0.25, 0.3) is 11.0 Å². The van der Waals surface area contributed by atoms with Crippen molar-refractivity contribution < 1.29 is 14.0 Å². The zero-order valence-electron chi connectivity index (χ0n) is 17.3. The van der Waals surface area contributed by atoms with Crippen LogP contribution in [0, 0.1) is 26.7 Å². The van der Waals surface area contributed by atoms with E-state index in [-0.39, 0.29) is 23.8 Å². The fraction of sp³-hybridized carbons (Fsp3) is 0.333. The maximum atomic E-state index is 12.9. The molecule has 29 heavy (non-hydrogen) atoms. The lowest BCUT2D eigenvalue weighted by Gasteiger charge is -2.14. The molecule has 0 bridgehead atoms. The van der Waals surface area contributed by atoms with E-state index in [1.807, 2.05) is 64.1 Å². The van der Waals surface area contributed by atoms with Crippen molar-refractivity contribution >= 4 is 28.5 Å². The molecule has 1 aliphatic rings. The Morgan fingerprint density at radius 1 is 1.00 bits per heavy atom. The minimum Gasteiger partial charge on any atom is -0.450 e. The molecule has 2 aromatic carbocycles. The molecule has 1 heterocycles. The summed E-state index contributed by atoms with van der Waals surface area (Å²) in [4.78, 5) is 24.7. The number of aryl methyl sites for hydroxylation is 3. The number of benzene rings is 2. The van der Waals surface area contributed by atoms with E-state index in [0.717, 1.165) is 51.8 Å². The summed E-state index contributed by atoms with van der Waals surface area (Å²) in [5, 5.41) is 6.96. The third-order valence-electron chi connectivity index (χ3n) is 5.66. The van der Waals surface area contributed by atoms with Gasteiger partial charge in [-0.05, 0) is 69.4 Å². The van der Waals surface area contributed by atoms with E-state index < -0.39 is 0 Å². The first-order valence-corrected chi connectivity index (χ1v) is 10.1. The summed E-state index contributed by atoms with van der Waals surface area (Å²) in [7, 11) is 0. The quantitative estimate of drug-likeness (QED) is 0.629. The van der Waals surface area contributed by atoms with E-state index in [9.17, 15) is 9.59 Å². The molecule has 1 unspecified atom stereocenters. The van der Waals surface area contributed by atoms with Gasteiger partial charge in [-0.2, -0.15) is 0 Å². The van der Waals surface area contributed by atoms with Gasteiger partial charge in [-0.3, -0.25) is 9.59 Å². The Labute approximate surface area is 170 Å². The number of carbonyl (C=O) groups excluding carboxylic acids is 2. The molecule has 1 atom stereocenters. The highest BCUT2D eigenvalue weighted by molar-refractivity contribution is 6.00. The smallest absolute Gasteiger partial charge is 0.287 e. The van der Waals surface area contributed by atoms with E-state index in [1.165, 1.54) is 0 Å². The van der Waals surface area contributed by atoms with Gasteiger partial charge in [0.15, 0.2) is 5.76 Å². The third kappa shape index (κ3) is 3.77. The van der Waals surface area contributed by atoms with Gasteiger partial charge in [-0.1, -0.05) is 24.3 Å². The number of carbonyl (C=O) groups is 2. The van der Waals surface area contributed by atoms with Crippen LogP contribution < -0.4 is 10.6 Å². The highest BCUT2D eigenvalue weighted by Crippen LogP contribution is 2.32. The first kappa shape index (κ1) is 19.2. The summed E-state index contributed by atoms with van der Waals surface area (Å²) >= 11 is 0. The average Bonchev–Trinajstić information content (AvgIpc) is 3.48. The second-order valence-electron chi connectivity index (χ2n) is 8.04. The minimum absolute atomic E-state index is 0.0880. The monoisotopic (exact) mass is 390 g/mol. The molecule has 2 amide bonds. The van der Waals surface area contributed by atoms with Crippen LogP contribution >= 0.6 is 0 Å². The zero-order valence-corrected chi connectivity index (χ0v) is 17.3. The van der Waals surface area contributed by atoms with E-state index >= 15 is 0 Å². The molecule has 2 N–H and O–H groups in total. The first-order chi connectivity index (χ1) is 13.8. The molecular formula is C24H26N2O3. The SMILES string of the molecule is Cc1ccc(C)c2c(C)c(C(=O)NC(C)c3ccc(NC(=O)C4CC4)cc3)oc12. The summed E-state index contributed by atoms with van der Waals surface area (Å²) in [6.07, 6.45) is 1.96. The summed E-state index contributed by atoms with van der Waals surface area (Å²) in [6.45, 7) is 7.87. The minimum atomic E-state index is -0.226. The Morgan fingerprint density at radius 2 is 1.66 bits per heavy atom. The van der Waals surface area contributed by atoms with Crippen molar-refractivity contribution in [2.75, 3.05) is 5.32 Å². The number of fused-ring (bicyclic) bond motifs is 1. The molecule has 0 aliphatic heterocycles. The topological polar surface area (TPSA) is 71.3 Å². The lowest BCUT2D eigenvalue weighted by atomic mass is 10.0. The van der Waals surface area contributed by atoms with Gasteiger partial charge in [-0.15, -0.1) is 0 Å². The number of furan rings is 1. The summed E-state index contributed by atoms with van der Waals surface area (Å²) in [6, 6.07) is 11.5. The predicted molar refractivity (Wildman–Crippen MR) is 114 cm³/mol. The van der Waals surface area contributed by atoms with Crippen molar-refractivity contribution in [3.05, 3.63) is 64.4 Å². The van der Waals surface area contributed by atoms with Crippen LogP contribution in [0.2, 0.25) is 0 Å².